The Morgan fingerprint density at radius 2 is 1.87 bits per heavy atom. The Bertz CT molecular complexity index is 842. The molecule has 0 spiro atoms. The minimum absolute atomic E-state index is 0.201. The summed E-state index contributed by atoms with van der Waals surface area (Å²) >= 11 is 1.77. The predicted molar refractivity (Wildman–Crippen MR) is 122 cm³/mol. The van der Waals surface area contributed by atoms with Crippen LogP contribution < -0.4 is 0 Å². The Kier molecular flexibility index (Phi) is 6.66. The average molecular weight is 430 g/mol. The molecule has 0 saturated carbocycles. The Morgan fingerprint density at radius 3 is 2.50 bits per heavy atom. The van der Waals surface area contributed by atoms with Crippen LogP contribution in [0.3, 0.4) is 0 Å². The first-order valence-electron chi connectivity index (χ1n) is 11.3. The second-order valence-corrected chi connectivity index (χ2v) is 10.2. The highest BCUT2D eigenvalue weighted by Gasteiger charge is 2.29. The van der Waals surface area contributed by atoms with Crippen LogP contribution in [0.4, 0.5) is 0 Å². The Labute approximate surface area is 184 Å². The van der Waals surface area contributed by atoms with E-state index in [1.165, 1.54) is 4.88 Å². The first-order valence-corrected chi connectivity index (χ1v) is 12.1. The lowest BCUT2D eigenvalue weighted by molar-refractivity contribution is -0.0728. The highest BCUT2D eigenvalue weighted by atomic mass is 32.1. The minimum Gasteiger partial charge on any atom is -0.373 e. The number of nitrogens with zero attached hydrogens (tertiary/aromatic N) is 3. The van der Waals surface area contributed by atoms with Gasteiger partial charge in [0.1, 0.15) is 0 Å². The van der Waals surface area contributed by atoms with E-state index >= 15 is 0 Å². The van der Waals surface area contributed by atoms with Crippen molar-refractivity contribution in [1.29, 1.82) is 0 Å². The van der Waals surface area contributed by atoms with Crippen LogP contribution in [0.2, 0.25) is 0 Å². The van der Waals surface area contributed by atoms with Crippen molar-refractivity contribution < 1.29 is 9.53 Å². The molecule has 4 rings (SSSR count). The van der Waals surface area contributed by atoms with Crippen LogP contribution in [0.25, 0.3) is 0 Å². The second kappa shape index (κ2) is 9.25. The van der Waals surface area contributed by atoms with Crippen molar-refractivity contribution in [2.45, 2.75) is 59.3 Å². The maximum atomic E-state index is 13.3. The van der Waals surface area contributed by atoms with Gasteiger partial charge in [-0.25, -0.2) is 0 Å². The lowest BCUT2D eigenvalue weighted by atomic mass is 9.95. The molecule has 0 bridgehead atoms. The maximum Gasteiger partial charge on any atom is 0.255 e. The fraction of sp³-hybridized carbons (Fsp3) is 0.625. The molecule has 2 fully saturated rings. The molecular weight excluding hydrogens is 394 g/mol. The molecule has 6 heteroatoms. The molecule has 0 aromatic carbocycles. The Balaban J connectivity index is 1.34. The first-order chi connectivity index (χ1) is 14.4. The zero-order valence-electron chi connectivity index (χ0n) is 18.8. The van der Waals surface area contributed by atoms with E-state index in [4.69, 9.17) is 4.74 Å². The fourth-order valence-corrected chi connectivity index (χ4v) is 5.80. The summed E-state index contributed by atoms with van der Waals surface area (Å²) in [4.78, 5) is 19.2. The summed E-state index contributed by atoms with van der Waals surface area (Å²) in [5, 5.41) is 2.11. The van der Waals surface area contributed by atoms with Gasteiger partial charge in [-0.15, -0.1) is 11.3 Å². The molecule has 2 aliphatic heterocycles. The van der Waals surface area contributed by atoms with Gasteiger partial charge in [0.25, 0.3) is 5.91 Å². The Morgan fingerprint density at radius 1 is 1.17 bits per heavy atom. The van der Waals surface area contributed by atoms with Gasteiger partial charge in [0.2, 0.25) is 0 Å². The third kappa shape index (κ3) is 4.82. The van der Waals surface area contributed by atoms with E-state index in [2.05, 4.69) is 65.6 Å². The summed E-state index contributed by atoms with van der Waals surface area (Å²) in [5.41, 5.74) is 3.12. The third-order valence-electron chi connectivity index (χ3n) is 6.61. The maximum absolute atomic E-state index is 13.3. The van der Waals surface area contributed by atoms with E-state index in [1.54, 1.807) is 11.3 Å². The van der Waals surface area contributed by atoms with Crippen LogP contribution in [0.15, 0.2) is 23.6 Å². The molecule has 2 aromatic rings. The van der Waals surface area contributed by atoms with Crippen LogP contribution in [-0.4, -0.2) is 65.2 Å². The molecule has 30 heavy (non-hydrogen) atoms. The van der Waals surface area contributed by atoms with E-state index in [-0.39, 0.29) is 5.91 Å². The SMILES string of the molecule is Cc1cc(C(=O)N2CCC(CN3CC(C)OC(C)C3)CC2)c(C)n1Cc1cccs1. The Hall–Kier alpha value is -1.63. The monoisotopic (exact) mass is 429 g/mol. The molecule has 2 aromatic heterocycles. The molecule has 2 aliphatic rings. The van der Waals surface area contributed by atoms with E-state index in [1.807, 2.05) is 0 Å². The zero-order chi connectivity index (χ0) is 21.3. The molecule has 0 radical (unpaired) electrons. The highest BCUT2D eigenvalue weighted by Crippen LogP contribution is 2.25. The van der Waals surface area contributed by atoms with Gasteiger partial charge >= 0.3 is 0 Å². The van der Waals surface area contributed by atoms with Gasteiger partial charge in [-0.2, -0.15) is 0 Å². The molecule has 2 unspecified atom stereocenters. The van der Waals surface area contributed by atoms with Crippen LogP contribution >= 0.6 is 11.3 Å². The zero-order valence-corrected chi connectivity index (χ0v) is 19.6. The van der Waals surface area contributed by atoms with E-state index < -0.39 is 0 Å². The predicted octanol–water partition coefficient (Wildman–Crippen LogP) is 4.18. The van der Waals surface area contributed by atoms with Crippen LogP contribution in [0.1, 0.15) is 53.3 Å². The number of morpholine rings is 1. The van der Waals surface area contributed by atoms with E-state index in [0.29, 0.717) is 18.1 Å². The standard InChI is InChI=1S/C24H35N3O2S/c1-17-12-23(20(4)27(17)16-22-6-5-11-30-22)24(28)26-9-7-21(8-10-26)15-25-13-18(2)29-19(3)14-25/h5-6,11-12,18-19,21H,7-10,13-16H2,1-4H3. The molecule has 4 heterocycles. The number of rotatable bonds is 5. The van der Waals surface area contributed by atoms with Gasteiger partial charge in [-0.05, 0) is 64.0 Å². The molecule has 2 saturated heterocycles. The van der Waals surface area contributed by atoms with Crippen LogP contribution in [-0.2, 0) is 11.3 Å². The van der Waals surface area contributed by atoms with Gasteiger partial charge in [0.05, 0.1) is 24.3 Å². The van der Waals surface area contributed by atoms with Crippen LogP contribution in [0.5, 0.6) is 0 Å². The number of hydrogen-bond donors (Lipinski definition) is 0. The highest BCUT2D eigenvalue weighted by molar-refractivity contribution is 7.09. The number of thiophene rings is 1. The lowest BCUT2D eigenvalue weighted by Crippen LogP contribution is -2.48. The topological polar surface area (TPSA) is 37.7 Å². The van der Waals surface area contributed by atoms with Gasteiger partial charge in [0.15, 0.2) is 0 Å². The molecule has 5 nitrogen and oxygen atoms in total. The third-order valence-corrected chi connectivity index (χ3v) is 7.47. The summed E-state index contributed by atoms with van der Waals surface area (Å²) in [7, 11) is 0. The van der Waals surface area contributed by atoms with Gasteiger partial charge in [-0.3, -0.25) is 9.69 Å². The minimum atomic E-state index is 0.201. The van der Waals surface area contributed by atoms with Gasteiger partial charge in [0, 0.05) is 49.0 Å². The number of aromatic nitrogens is 1. The van der Waals surface area contributed by atoms with Crippen molar-refractivity contribution in [3.63, 3.8) is 0 Å². The largest absolute Gasteiger partial charge is 0.373 e. The fourth-order valence-electron chi connectivity index (χ4n) is 5.11. The number of hydrogen-bond acceptors (Lipinski definition) is 4. The molecule has 0 N–H and O–H groups in total. The molecule has 164 valence electrons. The number of likely N-dealkylation sites (tertiary alicyclic amines) is 1. The van der Waals surface area contributed by atoms with Crippen molar-refractivity contribution in [2.75, 3.05) is 32.7 Å². The smallest absolute Gasteiger partial charge is 0.255 e. The number of ether oxygens (including phenoxy) is 1. The summed E-state index contributed by atoms with van der Waals surface area (Å²) in [5.74, 6) is 0.880. The van der Waals surface area contributed by atoms with Gasteiger partial charge in [-0.1, -0.05) is 6.07 Å². The molecule has 1 amide bonds. The summed E-state index contributed by atoms with van der Waals surface area (Å²) in [6.45, 7) is 14.3. The number of carbonyl (C=O) groups excluding carboxylic acids is 1. The normalized spacial score (nSPS) is 23.8. The van der Waals surface area contributed by atoms with E-state index in [9.17, 15) is 4.79 Å². The number of amides is 1. The van der Waals surface area contributed by atoms with Crippen molar-refractivity contribution in [2.24, 2.45) is 5.92 Å². The van der Waals surface area contributed by atoms with Gasteiger partial charge < -0.3 is 14.2 Å². The summed E-state index contributed by atoms with van der Waals surface area (Å²) in [6, 6.07) is 6.32. The molecular formula is C24H35N3O2S. The van der Waals surface area contributed by atoms with Crippen molar-refractivity contribution in [3.05, 3.63) is 45.4 Å². The van der Waals surface area contributed by atoms with Crippen molar-refractivity contribution in [3.8, 4) is 0 Å². The number of carbonyl (C=O) groups is 1. The molecule has 2 atom stereocenters. The number of piperidine rings is 1. The molecule has 0 aliphatic carbocycles. The lowest BCUT2D eigenvalue weighted by Gasteiger charge is -2.39. The summed E-state index contributed by atoms with van der Waals surface area (Å²) in [6.07, 6.45) is 2.83. The van der Waals surface area contributed by atoms with Crippen molar-refractivity contribution in [1.82, 2.24) is 14.4 Å². The quantitative estimate of drug-likeness (QED) is 0.716. The van der Waals surface area contributed by atoms with Crippen LogP contribution in [0, 0.1) is 19.8 Å². The number of aryl methyl sites for hydroxylation is 1. The van der Waals surface area contributed by atoms with Crippen molar-refractivity contribution >= 4 is 17.2 Å². The summed E-state index contributed by atoms with van der Waals surface area (Å²) < 4.78 is 8.13. The second-order valence-electron chi connectivity index (χ2n) is 9.16. The average Bonchev–Trinajstić information content (AvgIpc) is 3.31. The van der Waals surface area contributed by atoms with E-state index in [0.717, 1.165) is 69.1 Å². The first kappa shape index (κ1) is 21.6.